The van der Waals surface area contributed by atoms with Crippen molar-refractivity contribution in [3.8, 4) is 6.07 Å². The standard InChI is InChI=1S/C30H36N4O3/c1-5-6-24-26(32-20-23-9-7-22(19-31)8-10-23)14-12-25-27(33-37-28(24)25)13-11-21-15-17-34(18-16-21)29(35)36-30(2,3)4/h5-10,12,14,21,32H,11,13,15-18,20H2,1-4H3/b6-5+. The third-order valence-corrected chi connectivity index (χ3v) is 6.71. The van der Waals surface area contributed by atoms with Crippen LogP contribution in [0.25, 0.3) is 17.0 Å². The quantitative estimate of drug-likeness (QED) is 0.378. The van der Waals surface area contributed by atoms with Gasteiger partial charge in [-0.25, -0.2) is 4.79 Å². The highest BCUT2D eigenvalue weighted by atomic mass is 16.6. The monoisotopic (exact) mass is 500 g/mol. The first-order valence-electron chi connectivity index (χ1n) is 13.0. The number of hydrogen-bond donors (Lipinski definition) is 1. The van der Waals surface area contributed by atoms with Crippen LogP contribution in [0.3, 0.4) is 0 Å². The molecular formula is C30H36N4O3. The van der Waals surface area contributed by atoms with Crippen molar-refractivity contribution < 1.29 is 14.1 Å². The zero-order chi connectivity index (χ0) is 26.4. The van der Waals surface area contributed by atoms with Crippen molar-refractivity contribution in [1.29, 1.82) is 5.26 Å². The van der Waals surface area contributed by atoms with Crippen LogP contribution < -0.4 is 5.32 Å². The third-order valence-electron chi connectivity index (χ3n) is 6.71. The molecule has 2 aromatic carbocycles. The number of aromatic nitrogens is 1. The summed E-state index contributed by atoms with van der Waals surface area (Å²) >= 11 is 0. The Morgan fingerprint density at radius 3 is 2.59 bits per heavy atom. The Labute approximate surface area is 219 Å². The first-order valence-corrected chi connectivity index (χ1v) is 13.0. The Hall–Kier alpha value is -3.79. The van der Waals surface area contributed by atoms with Gasteiger partial charge in [-0.3, -0.25) is 0 Å². The van der Waals surface area contributed by atoms with Crippen molar-refractivity contribution in [3.63, 3.8) is 0 Å². The molecule has 37 heavy (non-hydrogen) atoms. The SMILES string of the molecule is C/C=C/c1c(NCc2ccc(C#N)cc2)ccc2c(CCC3CCN(C(=O)OC(C)(C)C)CC3)noc12. The van der Waals surface area contributed by atoms with Crippen LogP contribution in [0.5, 0.6) is 0 Å². The van der Waals surface area contributed by atoms with Gasteiger partial charge in [0.2, 0.25) is 0 Å². The van der Waals surface area contributed by atoms with E-state index < -0.39 is 5.60 Å². The van der Waals surface area contributed by atoms with E-state index in [0.29, 0.717) is 18.0 Å². The van der Waals surface area contributed by atoms with Crippen LogP contribution in [-0.4, -0.2) is 34.8 Å². The van der Waals surface area contributed by atoms with E-state index >= 15 is 0 Å². The molecule has 1 saturated heterocycles. The van der Waals surface area contributed by atoms with Gasteiger partial charge in [0, 0.05) is 36.3 Å². The first-order chi connectivity index (χ1) is 17.8. The molecule has 1 fully saturated rings. The number of nitrogens with one attached hydrogen (secondary N) is 1. The molecule has 0 saturated carbocycles. The summed E-state index contributed by atoms with van der Waals surface area (Å²) in [7, 11) is 0. The normalized spacial score (nSPS) is 14.7. The predicted molar refractivity (Wildman–Crippen MR) is 146 cm³/mol. The molecule has 4 rings (SSSR count). The summed E-state index contributed by atoms with van der Waals surface area (Å²) in [6.07, 6.45) is 7.64. The van der Waals surface area contributed by atoms with E-state index in [9.17, 15) is 4.79 Å². The Kier molecular flexibility index (Phi) is 8.17. The number of carbonyl (C=O) groups excluding carboxylic acids is 1. The van der Waals surface area contributed by atoms with E-state index in [1.807, 2.05) is 69.0 Å². The van der Waals surface area contributed by atoms with Gasteiger partial charge in [0.15, 0.2) is 5.58 Å². The Morgan fingerprint density at radius 2 is 1.95 bits per heavy atom. The number of likely N-dealkylation sites (tertiary alicyclic amines) is 1. The summed E-state index contributed by atoms with van der Waals surface area (Å²) in [4.78, 5) is 14.2. The van der Waals surface area contributed by atoms with Gasteiger partial charge in [0.1, 0.15) is 5.60 Å². The van der Waals surface area contributed by atoms with Crippen LogP contribution in [0, 0.1) is 17.2 Å². The van der Waals surface area contributed by atoms with Gasteiger partial charge in [-0.05, 0) is 89.1 Å². The van der Waals surface area contributed by atoms with Gasteiger partial charge >= 0.3 is 6.09 Å². The molecule has 0 aliphatic carbocycles. The topological polar surface area (TPSA) is 91.4 Å². The maximum absolute atomic E-state index is 12.3. The van der Waals surface area contributed by atoms with E-state index in [2.05, 4.69) is 28.7 Å². The highest BCUT2D eigenvalue weighted by Gasteiger charge is 2.27. The molecule has 0 atom stereocenters. The van der Waals surface area contributed by atoms with Crippen LogP contribution in [0.4, 0.5) is 10.5 Å². The number of amides is 1. The number of fused-ring (bicyclic) bond motifs is 1. The lowest BCUT2D eigenvalue weighted by Gasteiger charge is -2.33. The zero-order valence-corrected chi connectivity index (χ0v) is 22.2. The van der Waals surface area contributed by atoms with Crippen LogP contribution >= 0.6 is 0 Å². The molecule has 1 aliphatic heterocycles. The molecule has 0 bridgehead atoms. The van der Waals surface area contributed by atoms with Crippen molar-refractivity contribution in [1.82, 2.24) is 10.1 Å². The van der Waals surface area contributed by atoms with E-state index in [1.165, 1.54) is 0 Å². The summed E-state index contributed by atoms with van der Waals surface area (Å²) in [6.45, 7) is 9.80. The number of aryl methyl sites for hydroxylation is 1. The van der Waals surface area contributed by atoms with Gasteiger partial charge in [0.25, 0.3) is 0 Å². The summed E-state index contributed by atoms with van der Waals surface area (Å²) in [6, 6.07) is 13.9. The molecule has 3 aromatic rings. The van der Waals surface area contributed by atoms with Crippen LogP contribution in [0.1, 0.15) is 69.3 Å². The molecule has 1 amide bonds. The molecule has 7 heteroatoms. The lowest BCUT2D eigenvalue weighted by molar-refractivity contribution is 0.0181. The van der Waals surface area contributed by atoms with Crippen molar-refractivity contribution in [2.45, 2.75) is 65.5 Å². The molecular weight excluding hydrogens is 464 g/mol. The Balaban J connectivity index is 1.38. The lowest BCUT2D eigenvalue weighted by Crippen LogP contribution is -2.41. The summed E-state index contributed by atoms with van der Waals surface area (Å²) in [5.41, 5.74) is 5.02. The molecule has 194 valence electrons. The average Bonchev–Trinajstić information content (AvgIpc) is 3.30. The summed E-state index contributed by atoms with van der Waals surface area (Å²) < 4.78 is 11.4. The highest BCUT2D eigenvalue weighted by molar-refractivity contribution is 5.93. The van der Waals surface area contributed by atoms with Gasteiger partial charge in [0.05, 0.1) is 17.3 Å². The number of anilines is 1. The van der Waals surface area contributed by atoms with Gasteiger partial charge < -0.3 is 19.5 Å². The second-order valence-electron chi connectivity index (χ2n) is 10.6. The molecule has 0 unspecified atom stereocenters. The van der Waals surface area contributed by atoms with Crippen molar-refractivity contribution in [2.24, 2.45) is 5.92 Å². The number of nitriles is 1. The fourth-order valence-corrected chi connectivity index (χ4v) is 4.71. The number of ether oxygens (including phenoxy) is 1. The van der Waals surface area contributed by atoms with Crippen molar-refractivity contribution >= 4 is 28.8 Å². The fourth-order valence-electron chi connectivity index (χ4n) is 4.71. The minimum absolute atomic E-state index is 0.214. The maximum atomic E-state index is 12.3. The maximum Gasteiger partial charge on any atom is 0.410 e. The minimum atomic E-state index is -0.465. The predicted octanol–water partition coefficient (Wildman–Crippen LogP) is 6.92. The number of rotatable bonds is 7. The smallest absolute Gasteiger partial charge is 0.410 e. The number of piperidine rings is 1. The number of carbonyl (C=O) groups is 1. The number of nitrogens with zero attached hydrogens (tertiary/aromatic N) is 3. The summed E-state index contributed by atoms with van der Waals surface area (Å²) in [5, 5.41) is 18.0. The fraction of sp³-hybridized carbons (Fsp3) is 0.433. The second-order valence-corrected chi connectivity index (χ2v) is 10.6. The van der Waals surface area contributed by atoms with Crippen LogP contribution in [0.15, 0.2) is 47.0 Å². The molecule has 1 aliphatic rings. The minimum Gasteiger partial charge on any atom is -0.444 e. The summed E-state index contributed by atoms with van der Waals surface area (Å²) in [5.74, 6) is 0.550. The van der Waals surface area contributed by atoms with Crippen LogP contribution in [-0.2, 0) is 17.7 Å². The van der Waals surface area contributed by atoms with Crippen LogP contribution in [0.2, 0.25) is 0 Å². The molecule has 0 radical (unpaired) electrons. The molecule has 2 heterocycles. The van der Waals surface area contributed by atoms with Crippen molar-refractivity contribution in [3.05, 3.63) is 64.9 Å². The number of hydrogen-bond acceptors (Lipinski definition) is 6. The molecule has 0 spiro atoms. The Bertz CT molecular complexity index is 1290. The largest absolute Gasteiger partial charge is 0.444 e. The lowest BCUT2D eigenvalue weighted by atomic mass is 9.91. The van der Waals surface area contributed by atoms with E-state index in [4.69, 9.17) is 14.5 Å². The van der Waals surface area contributed by atoms with E-state index in [-0.39, 0.29) is 6.09 Å². The average molecular weight is 501 g/mol. The van der Waals surface area contributed by atoms with Crippen molar-refractivity contribution in [2.75, 3.05) is 18.4 Å². The third kappa shape index (κ3) is 6.71. The first kappa shape index (κ1) is 26.3. The van der Waals surface area contributed by atoms with Gasteiger partial charge in [-0.2, -0.15) is 5.26 Å². The highest BCUT2D eigenvalue weighted by Crippen LogP contribution is 2.32. The van der Waals surface area contributed by atoms with E-state index in [1.54, 1.807) is 0 Å². The number of benzene rings is 2. The second kappa shape index (κ2) is 11.5. The van der Waals surface area contributed by atoms with Gasteiger partial charge in [-0.15, -0.1) is 0 Å². The molecule has 1 N–H and O–H groups in total. The Morgan fingerprint density at radius 1 is 1.22 bits per heavy atom. The molecule has 7 nitrogen and oxygen atoms in total. The zero-order valence-electron chi connectivity index (χ0n) is 22.2. The number of allylic oxidation sites excluding steroid dienone is 1. The molecule has 1 aromatic heterocycles. The van der Waals surface area contributed by atoms with Gasteiger partial charge in [-0.1, -0.05) is 29.4 Å². The van der Waals surface area contributed by atoms with E-state index in [0.717, 1.165) is 72.3 Å².